The van der Waals surface area contributed by atoms with Gasteiger partial charge in [-0.2, -0.15) is 0 Å². The molecule has 2 atom stereocenters. The molecule has 1 aromatic carbocycles. The van der Waals surface area contributed by atoms with E-state index in [1.165, 1.54) is 22.3 Å². The second-order valence-corrected chi connectivity index (χ2v) is 6.65. The predicted octanol–water partition coefficient (Wildman–Crippen LogP) is 5.06. The molecule has 0 bridgehead atoms. The van der Waals surface area contributed by atoms with E-state index in [1.807, 2.05) is 0 Å². The van der Waals surface area contributed by atoms with Crippen LogP contribution in [0.1, 0.15) is 81.9 Å². The van der Waals surface area contributed by atoms with Crippen molar-refractivity contribution in [2.24, 2.45) is 0 Å². The zero-order chi connectivity index (χ0) is 15.0. The molecule has 2 rings (SSSR count). The van der Waals surface area contributed by atoms with E-state index in [1.54, 1.807) is 0 Å². The van der Waals surface area contributed by atoms with Gasteiger partial charge in [-0.25, -0.2) is 0 Å². The summed E-state index contributed by atoms with van der Waals surface area (Å²) in [4.78, 5) is 0. The lowest BCUT2D eigenvalue weighted by atomic mass is 9.88. The van der Waals surface area contributed by atoms with Crippen LogP contribution in [0.2, 0.25) is 0 Å². The van der Waals surface area contributed by atoms with Crippen molar-refractivity contribution in [2.75, 3.05) is 0 Å². The van der Waals surface area contributed by atoms with E-state index in [4.69, 9.17) is 9.47 Å². The standard InChI is InChI=1S/C18H28O2/c1-10(2)15-8-16(11(3)4)12(5)17(9-15)18-19-13(6)14(7)20-18/h8-11,13-14,18H,1-7H3. The molecule has 0 radical (unpaired) electrons. The van der Waals surface area contributed by atoms with Gasteiger partial charge >= 0.3 is 0 Å². The van der Waals surface area contributed by atoms with Gasteiger partial charge in [0, 0.05) is 5.56 Å². The van der Waals surface area contributed by atoms with Gasteiger partial charge in [-0.15, -0.1) is 0 Å². The Balaban J connectivity index is 2.46. The van der Waals surface area contributed by atoms with Crippen LogP contribution in [0.25, 0.3) is 0 Å². The van der Waals surface area contributed by atoms with Crippen LogP contribution in [-0.4, -0.2) is 12.2 Å². The summed E-state index contributed by atoms with van der Waals surface area (Å²) < 4.78 is 12.0. The van der Waals surface area contributed by atoms with Crippen LogP contribution in [0.4, 0.5) is 0 Å². The molecule has 20 heavy (non-hydrogen) atoms. The first-order valence-electron chi connectivity index (χ1n) is 7.76. The number of rotatable bonds is 3. The molecule has 0 aliphatic carbocycles. The first-order valence-corrected chi connectivity index (χ1v) is 7.76. The van der Waals surface area contributed by atoms with E-state index in [-0.39, 0.29) is 18.5 Å². The van der Waals surface area contributed by atoms with Gasteiger partial charge in [0.25, 0.3) is 0 Å². The number of hydrogen-bond acceptors (Lipinski definition) is 2. The zero-order valence-electron chi connectivity index (χ0n) is 13.9. The van der Waals surface area contributed by atoms with Crippen LogP contribution >= 0.6 is 0 Å². The van der Waals surface area contributed by atoms with Gasteiger partial charge in [-0.3, -0.25) is 0 Å². The average Bonchev–Trinajstić information content (AvgIpc) is 2.69. The summed E-state index contributed by atoms with van der Waals surface area (Å²) in [5, 5.41) is 0. The molecule has 0 N–H and O–H groups in total. The second-order valence-electron chi connectivity index (χ2n) is 6.65. The molecule has 112 valence electrons. The Kier molecular flexibility index (Phi) is 4.55. The smallest absolute Gasteiger partial charge is 0.184 e. The Bertz CT molecular complexity index is 467. The summed E-state index contributed by atoms with van der Waals surface area (Å²) >= 11 is 0. The molecule has 1 saturated heterocycles. The van der Waals surface area contributed by atoms with Crippen molar-refractivity contribution in [2.45, 2.75) is 78.8 Å². The monoisotopic (exact) mass is 276 g/mol. The van der Waals surface area contributed by atoms with Crippen molar-refractivity contribution in [1.82, 2.24) is 0 Å². The molecule has 2 heteroatoms. The van der Waals surface area contributed by atoms with Crippen LogP contribution in [0.15, 0.2) is 12.1 Å². The Morgan fingerprint density at radius 3 is 1.90 bits per heavy atom. The lowest BCUT2D eigenvalue weighted by Crippen LogP contribution is -2.13. The van der Waals surface area contributed by atoms with Crippen molar-refractivity contribution in [3.05, 3.63) is 34.4 Å². The Morgan fingerprint density at radius 2 is 1.45 bits per heavy atom. The normalized spacial score (nSPS) is 26.8. The maximum atomic E-state index is 5.99. The second kappa shape index (κ2) is 5.87. The summed E-state index contributed by atoms with van der Waals surface area (Å²) in [6.07, 6.45) is 0.102. The maximum absolute atomic E-state index is 5.99. The lowest BCUT2D eigenvalue weighted by molar-refractivity contribution is -0.0657. The van der Waals surface area contributed by atoms with Crippen LogP contribution in [0.5, 0.6) is 0 Å². The molecule has 1 aliphatic rings. The van der Waals surface area contributed by atoms with Crippen molar-refractivity contribution in [1.29, 1.82) is 0 Å². The molecule has 1 aromatic rings. The fourth-order valence-electron chi connectivity index (χ4n) is 2.75. The third kappa shape index (κ3) is 2.91. The van der Waals surface area contributed by atoms with Gasteiger partial charge in [-0.05, 0) is 49.3 Å². The van der Waals surface area contributed by atoms with E-state index in [9.17, 15) is 0 Å². The van der Waals surface area contributed by atoms with Gasteiger partial charge in [0.05, 0.1) is 12.2 Å². The first kappa shape index (κ1) is 15.5. The van der Waals surface area contributed by atoms with Gasteiger partial charge in [0.1, 0.15) is 0 Å². The number of ether oxygens (including phenoxy) is 2. The van der Waals surface area contributed by atoms with Gasteiger partial charge in [0.2, 0.25) is 0 Å². The fourth-order valence-corrected chi connectivity index (χ4v) is 2.75. The minimum atomic E-state index is -0.212. The van der Waals surface area contributed by atoms with Crippen LogP contribution in [0, 0.1) is 6.92 Å². The minimum Gasteiger partial charge on any atom is -0.343 e. The van der Waals surface area contributed by atoms with E-state index in [0.29, 0.717) is 11.8 Å². The van der Waals surface area contributed by atoms with E-state index in [2.05, 4.69) is 60.6 Å². The quantitative estimate of drug-likeness (QED) is 0.768. The molecule has 1 aliphatic heterocycles. The van der Waals surface area contributed by atoms with Crippen molar-refractivity contribution in [3.8, 4) is 0 Å². The molecular formula is C18H28O2. The topological polar surface area (TPSA) is 18.5 Å². The Hall–Kier alpha value is -0.860. The fraction of sp³-hybridized carbons (Fsp3) is 0.667. The van der Waals surface area contributed by atoms with Gasteiger partial charge in [0.15, 0.2) is 6.29 Å². The summed E-state index contributed by atoms with van der Waals surface area (Å²) in [6, 6.07) is 4.61. The summed E-state index contributed by atoms with van der Waals surface area (Å²) in [5.74, 6) is 1.03. The van der Waals surface area contributed by atoms with E-state index < -0.39 is 0 Å². The molecule has 2 unspecified atom stereocenters. The Morgan fingerprint density at radius 1 is 0.900 bits per heavy atom. The highest BCUT2D eigenvalue weighted by Crippen LogP contribution is 2.37. The third-order valence-corrected chi connectivity index (χ3v) is 4.39. The van der Waals surface area contributed by atoms with Gasteiger partial charge < -0.3 is 9.47 Å². The largest absolute Gasteiger partial charge is 0.343 e. The molecule has 1 heterocycles. The minimum absolute atomic E-state index is 0.157. The molecule has 0 saturated carbocycles. The summed E-state index contributed by atoms with van der Waals surface area (Å²) in [6.45, 7) is 15.3. The van der Waals surface area contributed by atoms with Crippen LogP contribution < -0.4 is 0 Å². The number of benzene rings is 1. The van der Waals surface area contributed by atoms with E-state index >= 15 is 0 Å². The molecule has 0 spiro atoms. The van der Waals surface area contributed by atoms with Crippen LogP contribution in [-0.2, 0) is 9.47 Å². The SMILES string of the molecule is Cc1c(C(C)C)cc(C(C)C)cc1C1OC(C)C(C)O1. The number of hydrogen-bond donors (Lipinski definition) is 0. The zero-order valence-corrected chi connectivity index (χ0v) is 13.9. The molecule has 0 amide bonds. The molecule has 0 aromatic heterocycles. The highest BCUT2D eigenvalue weighted by Gasteiger charge is 2.32. The van der Waals surface area contributed by atoms with Crippen molar-refractivity contribution >= 4 is 0 Å². The highest BCUT2D eigenvalue weighted by molar-refractivity contribution is 5.42. The Labute approximate surface area is 123 Å². The lowest BCUT2D eigenvalue weighted by Gasteiger charge is -2.21. The highest BCUT2D eigenvalue weighted by atomic mass is 16.7. The first-order chi connectivity index (χ1) is 9.31. The third-order valence-electron chi connectivity index (χ3n) is 4.39. The van der Waals surface area contributed by atoms with Gasteiger partial charge in [-0.1, -0.05) is 39.8 Å². The molecule has 2 nitrogen and oxygen atoms in total. The average molecular weight is 276 g/mol. The predicted molar refractivity (Wildman–Crippen MR) is 83.2 cm³/mol. The molecular weight excluding hydrogens is 248 g/mol. The van der Waals surface area contributed by atoms with Crippen molar-refractivity contribution < 1.29 is 9.47 Å². The summed E-state index contributed by atoms with van der Waals surface area (Å²) in [5.41, 5.74) is 5.30. The maximum Gasteiger partial charge on any atom is 0.184 e. The van der Waals surface area contributed by atoms with Crippen molar-refractivity contribution in [3.63, 3.8) is 0 Å². The van der Waals surface area contributed by atoms with Crippen LogP contribution in [0.3, 0.4) is 0 Å². The molecule has 1 fully saturated rings. The summed E-state index contributed by atoms with van der Waals surface area (Å²) in [7, 11) is 0. The van der Waals surface area contributed by atoms with E-state index in [0.717, 1.165) is 0 Å².